The molecule has 0 aliphatic rings. The van der Waals surface area contributed by atoms with E-state index in [-0.39, 0.29) is 0 Å². The number of hydrogen-bond donors (Lipinski definition) is 1. The first kappa shape index (κ1) is 8.17. The molecule has 0 saturated carbocycles. The van der Waals surface area contributed by atoms with E-state index < -0.39 is 0 Å². The SMILES string of the molecule is Nc1c(Cl)cc(Cl)c2ccsc12. The first-order valence-corrected chi connectivity index (χ1v) is 4.94. The normalized spacial score (nSPS) is 10.8. The second-order valence-electron chi connectivity index (χ2n) is 2.42. The fraction of sp³-hybridized carbons (Fsp3) is 0. The maximum atomic E-state index is 5.94. The average Bonchev–Trinajstić information content (AvgIpc) is 2.48. The van der Waals surface area contributed by atoms with Gasteiger partial charge in [-0.25, -0.2) is 0 Å². The summed E-state index contributed by atoms with van der Waals surface area (Å²) >= 11 is 13.3. The van der Waals surface area contributed by atoms with Crippen molar-refractivity contribution in [1.29, 1.82) is 0 Å². The zero-order valence-corrected chi connectivity index (χ0v) is 8.30. The third-order valence-corrected chi connectivity index (χ3v) is 3.25. The van der Waals surface area contributed by atoms with Gasteiger partial charge in [-0.15, -0.1) is 11.3 Å². The molecule has 0 amide bonds. The Morgan fingerprint density at radius 1 is 1.25 bits per heavy atom. The number of nitrogen functional groups attached to an aromatic ring is 1. The molecule has 1 aromatic carbocycles. The first-order chi connectivity index (χ1) is 5.70. The molecule has 2 N–H and O–H groups in total. The van der Waals surface area contributed by atoms with Crippen molar-refractivity contribution in [2.45, 2.75) is 0 Å². The molecule has 0 saturated heterocycles. The fourth-order valence-corrected chi connectivity index (χ4v) is 2.60. The number of benzene rings is 1. The highest BCUT2D eigenvalue weighted by atomic mass is 35.5. The van der Waals surface area contributed by atoms with Crippen LogP contribution in [0.15, 0.2) is 17.5 Å². The minimum Gasteiger partial charge on any atom is -0.396 e. The van der Waals surface area contributed by atoms with Crippen LogP contribution in [0.25, 0.3) is 10.1 Å². The zero-order chi connectivity index (χ0) is 8.72. The van der Waals surface area contributed by atoms with Gasteiger partial charge in [0.25, 0.3) is 0 Å². The summed E-state index contributed by atoms with van der Waals surface area (Å²) in [4.78, 5) is 0. The Bertz CT molecular complexity index is 436. The largest absolute Gasteiger partial charge is 0.396 e. The van der Waals surface area contributed by atoms with Gasteiger partial charge in [0, 0.05) is 5.39 Å². The fourth-order valence-electron chi connectivity index (χ4n) is 1.08. The van der Waals surface area contributed by atoms with E-state index in [2.05, 4.69) is 0 Å². The zero-order valence-electron chi connectivity index (χ0n) is 5.97. The molecule has 1 heterocycles. The van der Waals surface area contributed by atoms with Gasteiger partial charge in [0.05, 0.1) is 20.4 Å². The number of rotatable bonds is 0. The highest BCUT2D eigenvalue weighted by molar-refractivity contribution is 7.18. The summed E-state index contributed by atoms with van der Waals surface area (Å²) in [7, 11) is 0. The monoisotopic (exact) mass is 217 g/mol. The third kappa shape index (κ3) is 1.07. The summed E-state index contributed by atoms with van der Waals surface area (Å²) in [6.07, 6.45) is 0. The van der Waals surface area contributed by atoms with Crippen LogP contribution in [0.4, 0.5) is 5.69 Å². The number of hydrogen-bond acceptors (Lipinski definition) is 2. The minimum absolute atomic E-state index is 0.523. The maximum absolute atomic E-state index is 5.94. The van der Waals surface area contributed by atoms with E-state index in [1.54, 1.807) is 17.4 Å². The topological polar surface area (TPSA) is 26.0 Å². The standard InChI is InChI=1S/C8H5Cl2NS/c9-5-3-6(10)7(11)8-4(5)1-2-12-8/h1-3H,11H2. The van der Waals surface area contributed by atoms with Crippen LogP contribution in [0.1, 0.15) is 0 Å². The molecule has 0 unspecified atom stereocenters. The van der Waals surface area contributed by atoms with Crippen molar-refractivity contribution in [2.75, 3.05) is 5.73 Å². The van der Waals surface area contributed by atoms with Crippen molar-refractivity contribution in [3.8, 4) is 0 Å². The Hall–Kier alpha value is -0.440. The predicted molar refractivity (Wildman–Crippen MR) is 56.3 cm³/mol. The Morgan fingerprint density at radius 2 is 2.00 bits per heavy atom. The molecule has 1 aromatic heterocycles. The van der Waals surface area contributed by atoms with Crippen molar-refractivity contribution >= 4 is 50.3 Å². The number of nitrogens with two attached hydrogens (primary N) is 1. The molecule has 0 radical (unpaired) electrons. The van der Waals surface area contributed by atoms with Crippen LogP contribution in [-0.2, 0) is 0 Å². The third-order valence-electron chi connectivity index (χ3n) is 1.68. The van der Waals surface area contributed by atoms with Gasteiger partial charge >= 0.3 is 0 Å². The molecule has 1 nitrogen and oxygen atoms in total. The average molecular weight is 218 g/mol. The number of fused-ring (bicyclic) bond motifs is 1. The summed E-state index contributed by atoms with van der Waals surface area (Å²) in [6.45, 7) is 0. The van der Waals surface area contributed by atoms with Gasteiger partial charge in [-0.1, -0.05) is 23.2 Å². The molecule has 0 aliphatic carbocycles. The number of halogens is 2. The van der Waals surface area contributed by atoms with Crippen LogP contribution in [0.3, 0.4) is 0 Å². The Balaban J connectivity index is 2.97. The highest BCUT2D eigenvalue weighted by Gasteiger charge is 2.07. The molecule has 62 valence electrons. The van der Waals surface area contributed by atoms with E-state index >= 15 is 0 Å². The van der Waals surface area contributed by atoms with Crippen LogP contribution in [0.5, 0.6) is 0 Å². The Morgan fingerprint density at radius 3 is 2.75 bits per heavy atom. The van der Waals surface area contributed by atoms with Crippen LogP contribution in [0, 0.1) is 0 Å². The Labute approximate surface area is 83.7 Å². The van der Waals surface area contributed by atoms with Crippen molar-refractivity contribution in [2.24, 2.45) is 0 Å². The molecule has 4 heteroatoms. The van der Waals surface area contributed by atoms with Crippen molar-refractivity contribution in [1.82, 2.24) is 0 Å². The molecule has 12 heavy (non-hydrogen) atoms. The van der Waals surface area contributed by atoms with Crippen molar-refractivity contribution in [3.63, 3.8) is 0 Å². The van der Waals surface area contributed by atoms with E-state index in [1.165, 1.54) is 0 Å². The summed E-state index contributed by atoms with van der Waals surface area (Å²) < 4.78 is 0.965. The smallest absolute Gasteiger partial charge is 0.0685 e. The highest BCUT2D eigenvalue weighted by Crippen LogP contribution is 2.37. The summed E-state index contributed by atoms with van der Waals surface area (Å²) in [5.74, 6) is 0. The van der Waals surface area contributed by atoms with Gasteiger partial charge in [0.15, 0.2) is 0 Å². The van der Waals surface area contributed by atoms with Gasteiger partial charge in [-0.05, 0) is 17.5 Å². The van der Waals surface area contributed by atoms with Gasteiger partial charge in [-0.2, -0.15) is 0 Å². The van der Waals surface area contributed by atoms with Crippen LogP contribution < -0.4 is 5.73 Å². The summed E-state index contributed by atoms with van der Waals surface area (Å²) in [5.41, 5.74) is 6.37. The molecule has 2 aromatic rings. The lowest BCUT2D eigenvalue weighted by Crippen LogP contribution is -1.85. The molecule has 0 spiro atoms. The summed E-state index contributed by atoms with van der Waals surface area (Å²) in [6, 6.07) is 3.61. The number of thiophene rings is 1. The molecule has 0 aliphatic heterocycles. The van der Waals surface area contributed by atoms with E-state index in [1.807, 2.05) is 11.4 Å². The quantitative estimate of drug-likeness (QED) is 0.669. The van der Waals surface area contributed by atoms with Gasteiger partial charge in [-0.3, -0.25) is 0 Å². The maximum Gasteiger partial charge on any atom is 0.0685 e. The van der Waals surface area contributed by atoms with Crippen LogP contribution >= 0.6 is 34.5 Å². The summed E-state index contributed by atoms with van der Waals surface area (Å²) in [5, 5.41) is 4.10. The molecular formula is C8H5Cl2NS. The van der Waals surface area contributed by atoms with Gasteiger partial charge < -0.3 is 5.73 Å². The van der Waals surface area contributed by atoms with E-state index in [0.717, 1.165) is 10.1 Å². The minimum atomic E-state index is 0.523. The van der Waals surface area contributed by atoms with E-state index in [4.69, 9.17) is 28.9 Å². The second kappa shape index (κ2) is 2.80. The van der Waals surface area contributed by atoms with Gasteiger partial charge in [0.1, 0.15) is 0 Å². The molecule has 0 bridgehead atoms. The van der Waals surface area contributed by atoms with E-state index in [9.17, 15) is 0 Å². The lowest BCUT2D eigenvalue weighted by atomic mass is 10.2. The van der Waals surface area contributed by atoms with Crippen molar-refractivity contribution in [3.05, 3.63) is 27.6 Å². The Kier molecular flexibility index (Phi) is 1.91. The predicted octanol–water partition coefficient (Wildman–Crippen LogP) is 3.79. The van der Waals surface area contributed by atoms with Gasteiger partial charge in [0.2, 0.25) is 0 Å². The van der Waals surface area contributed by atoms with Crippen molar-refractivity contribution < 1.29 is 0 Å². The lowest BCUT2D eigenvalue weighted by molar-refractivity contribution is 1.80. The lowest BCUT2D eigenvalue weighted by Gasteiger charge is -2.00. The molecular weight excluding hydrogens is 213 g/mol. The number of anilines is 1. The molecule has 0 fully saturated rings. The van der Waals surface area contributed by atoms with E-state index in [0.29, 0.717) is 15.7 Å². The van der Waals surface area contributed by atoms with Crippen LogP contribution in [0.2, 0.25) is 10.0 Å². The molecule has 0 atom stereocenters. The molecule has 2 rings (SSSR count). The van der Waals surface area contributed by atoms with Crippen LogP contribution in [-0.4, -0.2) is 0 Å². The second-order valence-corrected chi connectivity index (χ2v) is 4.15. The first-order valence-electron chi connectivity index (χ1n) is 3.31.